The van der Waals surface area contributed by atoms with Crippen LogP contribution in [0, 0.1) is 11.6 Å². The Morgan fingerprint density at radius 1 is 1.19 bits per heavy atom. The molecule has 0 radical (unpaired) electrons. The number of fused-ring (bicyclic) bond motifs is 1. The molecule has 2 aliphatic rings. The molecule has 0 spiro atoms. The summed E-state index contributed by atoms with van der Waals surface area (Å²) in [5.41, 5.74) is -0.395. The van der Waals surface area contributed by atoms with E-state index in [1.165, 1.54) is 13.3 Å². The largest absolute Gasteiger partial charge is 0.491 e. The number of hydrogen-bond donors (Lipinski definition) is 0. The van der Waals surface area contributed by atoms with Gasteiger partial charge < -0.3 is 19.1 Å². The normalized spacial score (nSPS) is 18.1. The molecule has 1 aromatic heterocycles. The molecule has 144 valence electrons. The molecule has 2 aromatic rings. The highest BCUT2D eigenvalue weighted by atomic mass is 19.2. The van der Waals surface area contributed by atoms with Gasteiger partial charge in [-0.25, -0.2) is 4.39 Å². The highest BCUT2D eigenvalue weighted by Crippen LogP contribution is 2.40. The van der Waals surface area contributed by atoms with Crippen molar-refractivity contribution in [3.8, 4) is 5.75 Å². The summed E-state index contributed by atoms with van der Waals surface area (Å²) in [7, 11) is 3.21. The highest BCUT2D eigenvalue weighted by Gasteiger charge is 2.31. The van der Waals surface area contributed by atoms with Gasteiger partial charge in [0.1, 0.15) is 5.56 Å². The number of nitrogens with zero attached hydrogens (tertiary/aromatic N) is 3. The molecule has 0 bridgehead atoms. The third kappa shape index (κ3) is 2.97. The van der Waals surface area contributed by atoms with Crippen LogP contribution in [0.3, 0.4) is 0 Å². The zero-order chi connectivity index (χ0) is 19.3. The first kappa shape index (κ1) is 17.9. The van der Waals surface area contributed by atoms with E-state index >= 15 is 0 Å². The number of benzene rings is 1. The SMILES string of the molecule is COc1c(F)c(F)cc2c(=O)c(C(=O)N3CCN(C)CC3)cn(C3CC3)c12. The number of halogens is 2. The van der Waals surface area contributed by atoms with Gasteiger partial charge in [0.05, 0.1) is 18.0 Å². The number of pyridine rings is 1. The first-order valence-electron chi connectivity index (χ1n) is 9.01. The lowest BCUT2D eigenvalue weighted by molar-refractivity contribution is 0.0662. The number of amides is 1. The standard InChI is InChI=1S/C19H21F2N3O3/c1-22-5-7-23(8-6-22)19(26)13-10-24(11-3-4-11)16-12(17(13)25)9-14(20)15(21)18(16)27-2/h9-11H,3-8H2,1-2H3. The summed E-state index contributed by atoms with van der Waals surface area (Å²) in [6, 6.07) is 0.917. The van der Waals surface area contributed by atoms with Crippen LogP contribution in [0.15, 0.2) is 17.1 Å². The van der Waals surface area contributed by atoms with E-state index in [4.69, 9.17) is 4.74 Å². The second kappa shape index (κ2) is 6.60. The Hall–Kier alpha value is -2.48. The Morgan fingerprint density at radius 3 is 2.44 bits per heavy atom. The number of likely N-dealkylation sites (N-methyl/N-ethyl adjacent to an activating group) is 1. The highest BCUT2D eigenvalue weighted by molar-refractivity contribution is 5.98. The monoisotopic (exact) mass is 377 g/mol. The molecule has 1 aromatic carbocycles. The quantitative estimate of drug-likeness (QED) is 0.821. The molecular weight excluding hydrogens is 356 g/mol. The van der Waals surface area contributed by atoms with E-state index in [9.17, 15) is 18.4 Å². The molecule has 0 N–H and O–H groups in total. The van der Waals surface area contributed by atoms with Gasteiger partial charge in [-0.3, -0.25) is 9.59 Å². The van der Waals surface area contributed by atoms with Crippen LogP contribution in [0.4, 0.5) is 8.78 Å². The number of rotatable bonds is 3. The number of carbonyl (C=O) groups excluding carboxylic acids is 1. The van der Waals surface area contributed by atoms with Crippen LogP contribution in [0.5, 0.6) is 5.75 Å². The third-order valence-electron chi connectivity index (χ3n) is 5.33. The Balaban J connectivity index is 1.90. The predicted molar refractivity (Wildman–Crippen MR) is 96.3 cm³/mol. The zero-order valence-corrected chi connectivity index (χ0v) is 15.3. The summed E-state index contributed by atoms with van der Waals surface area (Å²) in [4.78, 5) is 29.7. The second-order valence-electron chi connectivity index (χ2n) is 7.21. The van der Waals surface area contributed by atoms with Crippen LogP contribution in [-0.2, 0) is 0 Å². The maximum atomic E-state index is 14.2. The van der Waals surface area contributed by atoms with Crippen LogP contribution < -0.4 is 10.2 Å². The van der Waals surface area contributed by atoms with E-state index < -0.39 is 17.1 Å². The van der Waals surface area contributed by atoms with E-state index in [0.717, 1.165) is 32.0 Å². The average molecular weight is 377 g/mol. The van der Waals surface area contributed by atoms with Gasteiger partial charge in [0, 0.05) is 38.4 Å². The van der Waals surface area contributed by atoms with Gasteiger partial charge in [0.15, 0.2) is 11.6 Å². The Kier molecular flexibility index (Phi) is 4.38. The summed E-state index contributed by atoms with van der Waals surface area (Å²) in [6.07, 6.45) is 3.19. The average Bonchev–Trinajstić information content (AvgIpc) is 3.49. The maximum Gasteiger partial charge on any atom is 0.259 e. The predicted octanol–water partition coefficient (Wildman–Crippen LogP) is 2.01. The number of hydrogen-bond acceptors (Lipinski definition) is 4. The van der Waals surface area contributed by atoms with Crippen molar-refractivity contribution < 1.29 is 18.3 Å². The lowest BCUT2D eigenvalue weighted by Crippen LogP contribution is -2.48. The fraction of sp³-hybridized carbons (Fsp3) is 0.474. The fourth-order valence-electron chi connectivity index (χ4n) is 3.59. The van der Waals surface area contributed by atoms with Crippen molar-refractivity contribution in [2.75, 3.05) is 40.3 Å². The van der Waals surface area contributed by atoms with Gasteiger partial charge in [-0.2, -0.15) is 4.39 Å². The molecule has 1 saturated heterocycles. The van der Waals surface area contributed by atoms with E-state index in [1.807, 2.05) is 7.05 Å². The molecule has 0 unspecified atom stereocenters. The van der Waals surface area contributed by atoms with Crippen molar-refractivity contribution in [1.29, 1.82) is 0 Å². The molecule has 1 aliphatic heterocycles. The number of aromatic nitrogens is 1. The molecule has 1 amide bonds. The molecule has 1 aliphatic carbocycles. The van der Waals surface area contributed by atoms with Gasteiger partial charge in [-0.05, 0) is 26.0 Å². The summed E-state index contributed by atoms with van der Waals surface area (Å²) in [5, 5.41) is -0.0300. The van der Waals surface area contributed by atoms with E-state index in [-0.39, 0.29) is 34.2 Å². The van der Waals surface area contributed by atoms with Crippen LogP contribution in [0.2, 0.25) is 0 Å². The van der Waals surface area contributed by atoms with E-state index in [0.29, 0.717) is 13.1 Å². The Labute approximate surface area is 154 Å². The second-order valence-corrected chi connectivity index (χ2v) is 7.21. The fourth-order valence-corrected chi connectivity index (χ4v) is 3.59. The summed E-state index contributed by atoms with van der Waals surface area (Å²) < 4.78 is 35.0. The zero-order valence-electron chi connectivity index (χ0n) is 15.3. The van der Waals surface area contributed by atoms with Crippen molar-refractivity contribution in [1.82, 2.24) is 14.4 Å². The molecular formula is C19H21F2N3O3. The van der Waals surface area contributed by atoms with Crippen LogP contribution in [0.25, 0.3) is 10.9 Å². The van der Waals surface area contributed by atoms with Crippen LogP contribution in [-0.4, -0.2) is 60.6 Å². The van der Waals surface area contributed by atoms with Crippen molar-refractivity contribution in [2.45, 2.75) is 18.9 Å². The molecule has 4 rings (SSSR count). The lowest BCUT2D eigenvalue weighted by Gasteiger charge is -2.32. The number of ether oxygens (including phenoxy) is 1. The molecule has 6 nitrogen and oxygen atoms in total. The molecule has 2 heterocycles. The molecule has 27 heavy (non-hydrogen) atoms. The van der Waals surface area contributed by atoms with Crippen molar-refractivity contribution in [3.05, 3.63) is 39.7 Å². The first-order chi connectivity index (χ1) is 12.9. The molecule has 1 saturated carbocycles. The minimum Gasteiger partial charge on any atom is -0.491 e. The maximum absolute atomic E-state index is 14.2. The summed E-state index contributed by atoms with van der Waals surface area (Å²) >= 11 is 0. The number of piperazine rings is 1. The molecule has 2 fully saturated rings. The van der Waals surface area contributed by atoms with Crippen LogP contribution in [0.1, 0.15) is 29.2 Å². The molecule has 8 heteroatoms. The van der Waals surface area contributed by atoms with E-state index in [1.54, 1.807) is 9.47 Å². The molecule has 0 atom stereocenters. The Morgan fingerprint density at radius 2 is 1.85 bits per heavy atom. The van der Waals surface area contributed by atoms with E-state index in [2.05, 4.69) is 4.90 Å². The van der Waals surface area contributed by atoms with Gasteiger partial charge in [-0.15, -0.1) is 0 Å². The van der Waals surface area contributed by atoms with Crippen molar-refractivity contribution >= 4 is 16.8 Å². The minimum absolute atomic E-state index is 0.00739. The smallest absolute Gasteiger partial charge is 0.259 e. The van der Waals surface area contributed by atoms with Crippen LogP contribution >= 0.6 is 0 Å². The van der Waals surface area contributed by atoms with Crippen molar-refractivity contribution in [3.63, 3.8) is 0 Å². The van der Waals surface area contributed by atoms with Gasteiger partial charge >= 0.3 is 0 Å². The number of carbonyl (C=O) groups is 1. The minimum atomic E-state index is -1.16. The lowest BCUT2D eigenvalue weighted by atomic mass is 10.1. The van der Waals surface area contributed by atoms with Gasteiger partial charge in [-0.1, -0.05) is 0 Å². The Bertz CT molecular complexity index is 977. The third-order valence-corrected chi connectivity index (χ3v) is 5.33. The first-order valence-corrected chi connectivity index (χ1v) is 9.01. The van der Waals surface area contributed by atoms with Gasteiger partial charge in [0.2, 0.25) is 11.2 Å². The topological polar surface area (TPSA) is 54.8 Å². The van der Waals surface area contributed by atoms with Crippen molar-refractivity contribution in [2.24, 2.45) is 0 Å². The summed E-state index contributed by atoms with van der Waals surface area (Å²) in [5.74, 6) is -2.96. The number of methoxy groups -OCH3 is 1. The van der Waals surface area contributed by atoms with Gasteiger partial charge in [0.25, 0.3) is 5.91 Å². The summed E-state index contributed by atoms with van der Waals surface area (Å²) in [6.45, 7) is 2.50.